The lowest BCUT2D eigenvalue weighted by molar-refractivity contribution is 0.671. The number of hydrogen-bond donors (Lipinski definition) is 4. The normalized spacial score (nSPS) is 11.4. The summed E-state index contributed by atoms with van der Waals surface area (Å²) in [6.07, 6.45) is 5.79. The van der Waals surface area contributed by atoms with E-state index < -0.39 is 0 Å². The number of fused-ring (bicyclic) bond motifs is 2. The summed E-state index contributed by atoms with van der Waals surface area (Å²) < 4.78 is 0. The second kappa shape index (κ2) is 15.7. The lowest BCUT2D eigenvalue weighted by Crippen LogP contribution is -1.97. The molecule has 4 aromatic carbocycles. The molecule has 0 amide bonds. The van der Waals surface area contributed by atoms with Gasteiger partial charge in [-0.1, -0.05) is 45.8 Å². The van der Waals surface area contributed by atoms with Gasteiger partial charge >= 0.3 is 0 Å². The van der Waals surface area contributed by atoms with Gasteiger partial charge in [0.2, 0.25) is 0 Å². The van der Waals surface area contributed by atoms with E-state index in [1.165, 1.54) is 12.7 Å². The van der Waals surface area contributed by atoms with Crippen LogP contribution >= 0.6 is 23.2 Å². The Labute approximate surface area is 280 Å². The third-order valence-electron chi connectivity index (χ3n) is 6.96. The SMILES string of the molecule is Clc1cccc(Nc2ncnc3ccc(NN=NCCCCCN=NNc4ccc5ncnc(Nc6cccc(Cl)c6)c5c4)cc23)c1. The van der Waals surface area contributed by atoms with Gasteiger partial charge in [-0.2, -0.15) is 10.2 Å². The molecular weight excluding hydrogens is 635 g/mol. The van der Waals surface area contributed by atoms with E-state index >= 15 is 0 Å². The van der Waals surface area contributed by atoms with Gasteiger partial charge < -0.3 is 10.6 Å². The molecule has 2 aromatic heterocycles. The largest absolute Gasteiger partial charge is 0.340 e. The minimum absolute atomic E-state index is 0.603. The van der Waals surface area contributed by atoms with Crippen molar-refractivity contribution in [1.82, 2.24) is 19.9 Å². The molecule has 0 fully saturated rings. The van der Waals surface area contributed by atoms with Crippen LogP contribution in [0.5, 0.6) is 0 Å². The molecule has 12 nitrogen and oxygen atoms in total. The van der Waals surface area contributed by atoms with Gasteiger partial charge in [0.05, 0.1) is 35.5 Å². The number of nitrogens with zero attached hydrogens (tertiary/aromatic N) is 8. The number of unbranched alkanes of at least 4 members (excludes halogenated alkanes) is 2. The summed E-state index contributed by atoms with van der Waals surface area (Å²) in [6.45, 7) is 1.21. The minimum Gasteiger partial charge on any atom is -0.340 e. The Balaban J connectivity index is 0.923. The number of halogens is 2. The highest BCUT2D eigenvalue weighted by Gasteiger charge is 2.07. The maximum atomic E-state index is 6.12. The zero-order valence-corrected chi connectivity index (χ0v) is 26.6. The van der Waals surface area contributed by atoms with E-state index in [9.17, 15) is 0 Å². The van der Waals surface area contributed by atoms with Crippen LogP contribution in [0.15, 0.2) is 118 Å². The molecule has 0 unspecified atom stereocenters. The van der Waals surface area contributed by atoms with Crippen molar-refractivity contribution in [1.29, 1.82) is 0 Å². The second-order valence-electron chi connectivity index (χ2n) is 10.4. The Kier molecular flexibility index (Phi) is 10.5. The van der Waals surface area contributed by atoms with Gasteiger partial charge in [-0.25, -0.2) is 19.9 Å². The van der Waals surface area contributed by atoms with Crippen LogP contribution < -0.4 is 21.5 Å². The molecule has 14 heteroatoms. The smallest absolute Gasteiger partial charge is 0.141 e. The van der Waals surface area contributed by atoms with E-state index in [0.29, 0.717) is 34.8 Å². The Morgan fingerprint density at radius 1 is 0.511 bits per heavy atom. The summed E-state index contributed by atoms with van der Waals surface area (Å²) in [5.41, 5.74) is 10.9. The maximum absolute atomic E-state index is 6.12. The van der Waals surface area contributed by atoms with Crippen LogP contribution in [0.2, 0.25) is 10.0 Å². The van der Waals surface area contributed by atoms with Crippen LogP contribution in [-0.2, 0) is 0 Å². The molecule has 0 radical (unpaired) electrons. The third kappa shape index (κ3) is 8.84. The first kappa shape index (κ1) is 31.5. The third-order valence-corrected chi connectivity index (χ3v) is 7.43. The molecule has 6 rings (SSSR count). The summed E-state index contributed by atoms with van der Waals surface area (Å²) in [4.78, 5) is 17.5. The van der Waals surface area contributed by atoms with E-state index in [-0.39, 0.29) is 0 Å². The van der Waals surface area contributed by atoms with Crippen LogP contribution in [0.1, 0.15) is 19.3 Å². The monoisotopic (exact) mass is 664 g/mol. The highest BCUT2D eigenvalue weighted by Crippen LogP contribution is 2.28. The lowest BCUT2D eigenvalue weighted by Gasteiger charge is -2.09. The molecule has 0 aliphatic carbocycles. The van der Waals surface area contributed by atoms with Gasteiger partial charge in [-0.3, -0.25) is 10.9 Å². The van der Waals surface area contributed by atoms with Gasteiger partial charge in [0.15, 0.2) is 0 Å². The van der Waals surface area contributed by atoms with E-state index in [1.807, 2.05) is 84.9 Å². The highest BCUT2D eigenvalue weighted by atomic mass is 35.5. The molecule has 4 N–H and O–H groups in total. The van der Waals surface area contributed by atoms with Crippen molar-refractivity contribution in [3.8, 4) is 0 Å². The van der Waals surface area contributed by atoms with Gasteiger partial charge in [0, 0.05) is 32.2 Å². The predicted molar refractivity (Wildman–Crippen MR) is 189 cm³/mol. The quantitative estimate of drug-likeness (QED) is 0.0510. The van der Waals surface area contributed by atoms with Crippen molar-refractivity contribution >= 4 is 79.4 Å². The van der Waals surface area contributed by atoms with E-state index in [4.69, 9.17) is 23.2 Å². The van der Waals surface area contributed by atoms with E-state index in [0.717, 1.165) is 63.8 Å². The second-order valence-corrected chi connectivity index (χ2v) is 11.3. The Morgan fingerprint density at radius 3 is 1.47 bits per heavy atom. The first-order valence-corrected chi connectivity index (χ1v) is 15.7. The molecule has 0 spiro atoms. The average molecular weight is 666 g/mol. The van der Waals surface area contributed by atoms with Crippen molar-refractivity contribution in [2.45, 2.75) is 19.3 Å². The number of aromatic nitrogens is 4. The maximum Gasteiger partial charge on any atom is 0.141 e. The summed E-state index contributed by atoms with van der Waals surface area (Å²) in [5, 5.41) is 26.4. The summed E-state index contributed by atoms with van der Waals surface area (Å²) >= 11 is 12.2. The Morgan fingerprint density at radius 2 is 1.00 bits per heavy atom. The topological polar surface area (TPSA) is 149 Å². The first-order valence-electron chi connectivity index (χ1n) is 14.9. The molecule has 0 saturated heterocycles. The van der Waals surface area contributed by atoms with Gasteiger partial charge in [0.25, 0.3) is 0 Å². The standard InChI is InChI=1S/C33H30Cl2N12/c34-22-6-4-8-24(16-22)42-32-28-18-26(10-12-30(28)36-20-38-32)44-46-40-14-2-1-3-15-41-47-45-27-11-13-31-29(19-27)33(39-21-37-31)43-25-9-5-7-23(35)17-25/h4-13,16-21H,1-3,14-15H2,(H,40,44)(H,41,45)(H,36,38,42)(H,37,39,43). The van der Waals surface area contributed by atoms with Gasteiger partial charge in [-0.05, 0) is 92.1 Å². The molecule has 0 saturated carbocycles. The molecule has 0 aliphatic heterocycles. The number of anilines is 6. The number of nitrogens with one attached hydrogen (secondary N) is 4. The minimum atomic E-state index is 0.603. The fourth-order valence-electron chi connectivity index (χ4n) is 4.69. The molecule has 6 aromatic rings. The van der Waals surface area contributed by atoms with Gasteiger partial charge in [-0.15, -0.1) is 0 Å². The average Bonchev–Trinajstić information content (AvgIpc) is 3.08. The molecule has 2 heterocycles. The zero-order valence-electron chi connectivity index (χ0n) is 25.1. The summed E-state index contributed by atoms with van der Waals surface area (Å²) in [5.74, 6) is 1.35. The molecular formula is C33H30Cl2N12. The first-order chi connectivity index (χ1) is 23.1. The summed E-state index contributed by atoms with van der Waals surface area (Å²) in [7, 11) is 0. The molecule has 0 atom stereocenters. The van der Waals surface area contributed by atoms with Crippen molar-refractivity contribution in [3.63, 3.8) is 0 Å². The summed E-state index contributed by atoms with van der Waals surface area (Å²) in [6, 6.07) is 26.4. The van der Waals surface area contributed by atoms with Crippen molar-refractivity contribution in [3.05, 3.63) is 108 Å². The van der Waals surface area contributed by atoms with Crippen molar-refractivity contribution in [2.75, 3.05) is 34.6 Å². The predicted octanol–water partition coefficient (Wildman–Crippen LogP) is 9.80. The molecule has 0 bridgehead atoms. The van der Waals surface area contributed by atoms with Crippen molar-refractivity contribution in [2.24, 2.45) is 20.7 Å². The van der Waals surface area contributed by atoms with Gasteiger partial charge in [0.1, 0.15) is 24.3 Å². The van der Waals surface area contributed by atoms with Crippen LogP contribution in [0.25, 0.3) is 21.8 Å². The van der Waals surface area contributed by atoms with Crippen LogP contribution in [0.4, 0.5) is 34.4 Å². The Hall–Kier alpha value is -5.46. The number of rotatable bonds is 14. The van der Waals surface area contributed by atoms with E-state index in [2.05, 4.69) is 62.1 Å². The van der Waals surface area contributed by atoms with E-state index in [1.54, 1.807) is 0 Å². The molecule has 236 valence electrons. The number of hydrogen-bond acceptors (Lipinski definition) is 10. The zero-order chi connectivity index (χ0) is 32.3. The Bertz CT molecular complexity index is 1890. The van der Waals surface area contributed by atoms with Crippen molar-refractivity contribution < 1.29 is 0 Å². The fraction of sp³-hybridized carbons (Fsp3) is 0.152. The molecule has 0 aliphatic rings. The van der Waals surface area contributed by atoms with Crippen LogP contribution in [0, 0.1) is 0 Å². The fourth-order valence-corrected chi connectivity index (χ4v) is 5.07. The number of benzene rings is 4. The van der Waals surface area contributed by atoms with Crippen LogP contribution in [0.3, 0.4) is 0 Å². The molecule has 47 heavy (non-hydrogen) atoms. The highest BCUT2D eigenvalue weighted by molar-refractivity contribution is 6.31. The lowest BCUT2D eigenvalue weighted by atomic mass is 10.2. The van der Waals surface area contributed by atoms with Crippen LogP contribution in [-0.4, -0.2) is 33.0 Å².